The van der Waals surface area contributed by atoms with Gasteiger partial charge in [-0.25, -0.2) is 0 Å². The van der Waals surface area contributed by atoms with E-state index in [9.17, 15) is 0 Å². The largest absolute Gasteiger partial charge is 0.325 e. The van der Waals surface area contributed by atoms with E-state index in [2.05, 4.69) is 44.7 Å². The van der Waals surface area contributed by atoms with E-state index in [4.69, 9.17) is 0 Å². The Morgan fingerprint density at radius 1 is 1.18 bits per heavy atom. The summed E-state index contributed by atoms with van der Waals surface area (Å²) in [6.45, 7) is 6.63. The van der Waals surface area contributed by atoms with E-state index in [1.54, 1.807) is 0 Å². The Bertz CT molecular complexity index is 245. The molecule has 3 N–H and O–H groups in total. The average Bonchev–Trinajstić information content (AvgIpc) is 1.86. The van der Waals surface area contributed by atoms with Gasteiger partial charge in [0.2, 0.25) is 0 Å². The molecule has 1 heteroatoms. The van der Waals surface area contributed by atoms with Crippen LogP contribution in [-0.4, -0.2) is 0 Å². The van der Waals surface area contributed by atoms with Crippen LogP contribution in [0.1, 0.15) is 26.3 Å². The Morgan fingerprint density at radius 3 is 2.18 bits per heavy atom. The lowest BCUT2D eigenvalue weighted by molar-refractivity contribution is -0.254. The van der Waals surface area contributed by atoms with Gasteiger partial charge in [-0.1, -0.05) is 32.9 Å². The van der Waals surface area contributed by atoms with Crippen LogP contribution in [0.5, 0.6) is 0 Å². The molecule has 1 aromatic rings. The molecule has 1 aromatic carbocycles. The lowest BCUT2D eigenvalue weighted by atomic mass is 9.87. The second-order valence-corrected chi connectivity index (χ2v) is 3.95. The van der Waals surface area contributed by atoms with E-state index in [1.165, 1.54) is 5.56 Å². The minimum atomic E-state index is 0.244. The third-order valence-electron chi connectivity index (χ3n) is 1.79. The molecule has 0 aliphatic carbocycles. The first kappa shape index (κ1) is 8.28. The third kappa shape index (κ3) is 2.05. The van der Waals surface area contributed by atoms with Gasteiger partial charge in [-0.15, -0.1) is 0 Å². The summed E-state index contributed by atoms with van der Waals surface area (Å²) in [5.74, 6) is 0. The van der Waals surface area contributed by atoms with Crippen LogP contribution in [-0.2, 0) is 5.41 Å². The van der Waals surface area contributed by atoms with E-state index >= 15 is 0 Å². The van der Waals surface area contributed by atoms with Crippen molar-refractivity contribution in [3.8, 4) is 0 Å². The van der Waals surface area contributed by atoms with Crippen molar-refractivity contribution in [2.45, 2.75) is 26.2 Å². The molecular formula is C10H16N+. The maximum Gasteiger partial charge on any atom is 0.128 e. The normalized spacial score (nSPS) is 11.6. The molecule has 11 heavy (non-hydrogen) atoms. The van der Waals surface area contributed by atoms with Gasteiger partial charge in [0.05, 0.1) is 0 Å². The zero-order valence-electron chi connectivity index (χ0n) is 7.52. The van der Waals surface area contributed by atoms with Crippen LogP contribution in [0.25, 0.3) is 0 Å². The zero-order valence-corrected chi connectivity index (χ0v) is 7.52. The predicted octanol–water partition coefficient (Wildman–Crippen LogP) is 1.86. The number of quaternary nitrogens is 1. The van der Waals surface area contributed by atoms with Gasteiger partial charge >= 0.3 is 0 Å². The van der Waals surface area contributed by atoms with Gasteiger partial charge in [0, 0.05) is 6.07 Å². The molecule has 0 spiro atoms. The summed E-state index contributed by atoms with van der Waals surface area (Å²) < 4.78 is 0. The van der Waals surface area contributed by atoms with Crippen LogP contribution in [0, 0.1) is 0 Å². The van der Waals surface area contributed by atoms with Crippen LogP contribution < -0.4 is 5.73 Å². The molecule has 0 atom stereocenters. The Balaban J connectivity index is 3.06. The maximum absolute atomic E-state index is 3.89. The minimum absolute atomic E-state index is 0.244. The van der Waals surface area contributed by atoms with Gasteiger partial charge in [0.15, 0.2) is 0 Å². The Kier molecular flexibility index (Phi) is 2.01. The predicted molar refractivity (Wildman–Crippen MR) is 47.7 cm³/mol. The highest BCUT2D eigenvalue weighted by atomic mass is 14.5. The standard InChI is InChI=1S/C10H15N/c1-10(2,3)8-5-4-6-9(11)7-8/h4-7H,11H2,1-3H3/p+1. The van der Waals surface area contributed by atoms with Gasteiger partial charge < -0.3 is 5.73 Å². The first-order chi connectivity index (χ1) is 5.00. The quantitative estimate of drug-likeness (QED) is 0.584. The van der Waals surface area contributed by atoms with Crippen molar-refractivity contribution in [3.05, 3.63) is 29.8 Å². The minimum Gasteiger partial charge on any atom is -0.325 e. The van der Waals surface area contributed by atoms with E-state index in [-0.39, 0.29) is 5.41 Å². The fraction of sp³-hybridized carbons (Fsp3) is 0.400. The van der Waals surface area contributed by atoms with Crippen molar-refractivity contribution in [1.82, 2.24) is 0 Å². The molecule has 60 valence electrons. The summed E-state index contributed by atoms with van der Waals surface area (Å²) >= 11 is 0. The topological polar surface area (TPSA) is 27.6 Å². The Labute approximate surface area is 68.2 Å². The highest BCUT2D eigenvalue weighted by Crippen LogP contribution is 2.22. The fourth-order valence-electron chi connectivity index (χ4n) is 1.04. The molecule has 0 bridgehead atoms. The number of hydrogen-bond acceptors (Lipinski definition) is 0. The van der Waals surface area contributed by atoms with Crippen LogP contribution in [0.3, 0.4) is 0 Å². The SMILES string of the molecule is CC(C)(C)c1cccc([NH3+])c1. The number of benzene rings is 1. The highest BCUT2D eigenvalue weighted by Gasteiger charge is 2.13. The van der Waals surface area contributed by atoms with E-state index in [0.717, 1.165) is 5.69 Å². The lowest BCUT2D eigenvalue weighted by Crippen LogP contribution is -2.40. The smallest absolute Gasteiger partial charge is 0.128 e. The molecule has 0 unspecified atom stereocenters. The second kappa shape index (κ2) is 2.67. The molecule has 0 saturated heterocycles. The van der Waals surface area contributed by atoms with E-state index in [1.807, 2.05) is 6.07 Å². The van der Waals surface area contributed by atoms with Crippen LogP contribution in [0.2, 0.25) is 0 Å². The van der Waals surface area contributed by atoms with Crippen LogP contribution >= 0.6 is 0 Å². The summed E-state index contributed by atoms with van der Waals surface area (Å²) in [7, 11) is 0. The van der Waals surface area contributed by atoms with Gasteiger partial charge in [0.25, 0.3) is 0 Å². The second-order valence-electron chi connectivity index (χ2n) is 3.95. The van der Waals surface area contributed by atoms with Gasteiger partial charge in [-0.05, 0) is 17.0 Å². The third-order valence-corrected chi connectivity index (χ3v) is 1.79. The molecule has 0 aliphatic heterocycles. The van der Waals surface area contributed by atoms with Crippen molar-refractivity contribution >= 4 is 5.69 Å². The average molecular weight is 150 g/mol. The van der Waals surface area contributed by atoms with Gasteiger partial charge in [-0.3, -0.25) is 0 Å². The summed E-state index contributed by atoms with van der Waals surface area (Å²) in [4.78, 5) is 0. The summed E-state index contributed by atoms with van der Waals surface area (Å²) in [5, 5.41) is 0. The van der Waals surface area contributed by atoms with E-state index < -0.39 is 0 Å². The monoisotopic (exact) mass is 150 g/mol. The molecular weight excluding hydrogens is 134 g/mol. The van der Waals surface area contributed by atoms with E-state index in [0.29, 0.717) is 0 Å². The molecule has 0 fully saturated rings. The molecule has 0 amide bonds. The van der Waals surface area contributed by atoms with Crippen molar-refractivity contribution < 1.29 is 5.73 Å². The van der Waals surface area contributed by atoms with Crippen molar-refractivity contribution in [2.75, 3.05) is 0 Å². The first-order valence-electron chi connectivity index (χ1n) is 3.92. The van der Waals surface area contributed by atoms with Gasteiger partial charge in [0.1, 0.15) is 5.69 Å². The molecule has 0 radical (unpaired) electrons. The molecule has 1 nitrogen and oxygen atoms in total. The molecule has 0 heterocycles. The number of hydrogen-bond donors (Lipinski definition) is 1. The highest BCUT2D eigenvalue weighted by molar-refractivity contribution is 5.35. The molecule has 0 saturated carbocycles. The van der Waals surface area contributed by atoms with Crippen LogP contribution in [0.15, 0.2) is 24.3 Å². The van der Waals surface area contributed by atoms with Crippen molar-refractivity contribution in [1.29, 1.82) is 0 Å². The number of rotatable bonds is 0. The summed E-state index contributed by atoms with van der Waals surface area (Å²) in [5.41, 5.74) is 6.59. The van der Waals surface area contributed by atoms with Crippen molar-refractivity contribution in [3.63, 3.8) is 0 Å². The Morgan fingerprint density at radius 2 is 1.82 bits per heavy atom. The Hall–Kier alpha value is -0.820. The molecule has 1 rings (SSSR count). The van der Waals surface area contributed by atoms with Gasteiger partial charge in [-0.2, -0.15) is 0 Å². The summed E-state index contributed by atoms with van der Waals surface area (Å²) in [6, 6.07) is 8.37. The first-order valence-corrected chi connectivity index (χ1v) is 3.92. The molecule has 0 aromatic heterocycles. The zero-order chi connectivity index (χ0) is 8.48. The van der Waals surface area contributed by atoms with Crippen molar-refractivity contribution in [2.24, 2.45) is 0 Å². The van der Waals surface area contributed by atoms with Crippen LogP contribution in [0.4, 0.5) is 5.69 Å². The summed E-state index contributed by atoms with van der Waals surface area (Å²) in [6.07, 6.45) is 0. The fourth-order valence-corrected chi connectivity index (χ4v) is 1.04. The maximum atomic E-state index is 3.89. The lowest BCUT2D eigenvalue weighted by Gasteiger charge is -2.18. The molecule has 0 aliphatic rings.